The van der Waals surface area contributed by atoms with Gasteiger partial charge in [0.1, 0.15) is 5.69 Å². The lowest BCUT2D eigenvalue weighted by molar-refractivity contribution is 0.0646. The molecule has 1 N–H and O–H groups in total. The zero-order valence-electron chi connectivity index (χ0n) is 9.53. The zero-order valence-corrected chi connectivity index (χ0v) is 11.7. The molecule has 88 valence electrons. The molecule has 1 aromatic rings. The predicted molar refractivity (Wildman–Crippen MR) is 71.5 cm³/mol. The molecule has 0 aliphatic carbocycles. The molecular weight excluding hydrogens is 317 g/mol. The van der Waals surface area contributed by atoms with Gasteiger partial charge in [-0.05, 0) is 35.6 Å². The van der Waals surface area contributed by atoms with Crippen molar-refractivity contribution in [2.75, 3.05) is 19.6 Å². The number of carbonyl (C=O) groups excluding carboxylic acids is 1. The summed E-state index contributed by atoms with van der Waals surface area (Å²) in [5.74, 6) is 0.138. The van der Waals surface area contributed by atoms with Crippen molar-refractivity contribution in [3.8, 4) is 0 Å². The summed E-state index contributed by atoms with van der Waals surface area (Å²) >= 11 is 2.23. The van der Waals surface area contributed by atoms with Crippen LogP contribution >= 0.6 is 22.6 Å². The van der Waals surface area contributed by atoms with Crippen LogP contribution in [0.2, 0.25) is 0 Å². The average Bonchev–Trinajstić information content (AvgIpc) is 2.58. The molecule has 0 spiro atoms. The molecule has 1 aliphatic rings. The Morgan fingerprint density at radius 1 is 1.62 bits per heavy atom. The number of nitrogens with one attached hydrogen (secondary N) is 1. The van der Waals surface area contributed by atoms with Gasteiger partial charge in [0.05, 0.1) is 0 Å². The average molecular weight is 333 g/mol. The van der Waals surface area contributed by atoms with Gasteiger partial charge in [-0.3, -0.25) is 4.79 Å². The molecule has 1 fully saturated rings. The third kappa shape index (κ3) is 2.24. The number of rotatable bonds is 1. The van der Waals surface area contributed by atoms with Gasteiger partial charge in [0.25, 0.3) is 5.91 Å². The lowest BCUT2D eigenvalue weighted by Crippen LogP contribution is -2.52. The molecule has 0 bridgehead atoms. The number of carbonyl (C=O) groups is 1. The summed E-state index contributed by atoms with van der Waals surface area (Å²) in [7, 11) is 1.92. The highest BCUT2D eigenvalue weighted by Gasteiger charge is 2.25. The second-order valence-corrected chi connectivity index (χ2v) is 5.45. The number of hydrogen-bond acceptors (Lipinski definition) is 2. The van der Waals surface area contributed by atoms with Crippen molar-refractivity contribution in [1.29, 1.82) is 0 Å². The fourth-order valence-electron chi connectivity index (χ4n) is 2.03. The van der Waals surface area contributed by atoms with Crippen molar-refractivity contribution in [3.63, 3.8) is 0 Å². The number of piperazine rings is 1. The normalized spacial score (nSPS) is 21.2. The number of aryl methyl sites for hydroxylation is 1. The maximum atomic E-state index is 12.3. The minimum atomic E-state index is 0.138. The maximum absolute atomic E-state index is 12.3. The number of amides is 1. The Morgan fingerprint density at radius 2 is 2.38 bits per heavy atom. The Morgan fingerprint density at radius 3 is 2.94 bits per heavy atom. The van der Waals surface area contributed by atoms with Crippen LogP contribution < -0.4 is 5.32 Å². The molecule has 0 saturated carbocycles. The van der Waals surface area contributed by atoms with Gasteiger partial charge >= 0.3 is 0 Å². The highest BCUT2D eigenvalue weighted by molar-refractivity contribution is 14.1. The summed E-state index contributed by atoms with van der Waals surface area (Å²) in [6.45, 7) is 4.64. The number of hydrogen-bond donors (Lipinski definition) is 1. The summed E-state index contributed by atoms with van der Waals surface area (Å²) < 4.78 is 3.00. The Hall–Kier alpha value is -0.560. The van der Waals surface area contributed by atoms with Crippen LogP contribution in [0.5, 0.6) is 0 Å². The molecule has 2 rings (SSSR count). The van der Waals surface area contributed by atoms with Gasteiger partial charge in [-0.1, -0.05) is 0 Å². The van der Waals surface area contributed by atoms with Crippen LogP contribution in [0.4, 0.5) is 0 Å². The second-order valence-electron chi connectivity index (χ2n) is 4.21. The number of nitrogens with zero attached hydrogens (tertiary/aromatic N) is 2. The smallest absolute Gasteiger partial charge is 0.270 e. The number of aromatic nitrogens is 1. The van der Waals surface area contributed by atoms with E-state index in [9.17, 15) is 4.79 Å². The van der Waals surface area contributed by atoms with Crippen LogP contribution in [0, 0.1) is 3.57 Å². The third-order valence-electron chi connectivity index (χ3n) is 2.95. The van der Waals surface area contributed by atoms with Gasteiger partial charge in [0, 0.05) is 42.5 Å². The van der Waals surface area contributed by atoms with Gasteiger partial charge in [0.2, 0.25) is 0 Å². The van der Waals surface area contributed by atoms with Crippen LogP contribution in [-0.4, -0.2) is 41.1 Å². The molecule has 0 aromatic carbocycles. The van der Waals surface area contributed by atoms with Crippen molar-refractivity contribution in [3.05, 3.63) is 21.5 Å². The van der Waals surface area contributed by atoms with E-state index in [4.69, 9.17) is 0 Å². The van der Waals surface area contributed by atoms with Crippen molar-refractivity contribution >= 4 is 28.5 Å². The molecule has 2 heterocycles. The van der Waals surface area contributed by atoms with E-state index in [0.717, 1.165) is 28.9 Å². The van der Waals surface area contributed by atoms with Crippen molar-refractivity contribution in [1.82, 2.24) is 14.8 Å². The Bertz CT molecular complexity index is 402. The first-order chi connectivity index (χ1) is 7.59. The van der Waals surface area contributed by atoms with Crippen LogP contribution in [0.3, 0.4) is 0 Å². The summed E-state index contributed by atoms with van der Waals surface area (Å²) in [6.07, 6.45) is 1.97. The Labute approximate surface area is 109 Å². The highest BCUT2D eigenvalue weighted by atomic mass is 127. The van der Waals surface area contributed by atoms with E-state index in [1.807, 2.05) is 28.8 Å². The molecule has 0 radical (unpaired) electrons. The molecule has 16 heavy (non-hydrogen) atoms. The van der Waals surface area contributed by atoms with Crippen LogP contribution in [0.15, 0.2) is 12.3 Å². The summed E-state index contributed by atoms with van der Waals surface area (Å²) in [4.78, 5) is 14.3. The first-order valence-corrected chi connectivity index (χ1v) is 6.51. The van der Waals surface area contributed by atoms with Crippen LogP contribution in [-0.2, 0) is 7.05 Å². The highest BCUT2D eigenvalue weighted by Crippen LogP contribution is 2.14. The van der Waals surface area contributed by atoms with E-state index in [1.54, 1.807) is 0 Å². The van der Waals surface area contributed by atoms with Crippen LogP contribution in [0.1, 0.15) is 17.4 Å². The van der Waals surface area contributed by atoms with E-state index >= 15 is 0 Å². The predicted octanol–water partition coefficient (Wildman–Crippen LogP) is 1.06. The molecule has 1 unspecified atom stereocenters. The molecule has 1 amide bonds. The minimum Gasteiger partial charge on any atom is -0.346 e. The van der Waals surface area contributed by atoms with Gasteiger partial charge in [-0.25, -0.2) is 0 Å². The van der Waals surface area contributed by atoms with Gasteiger partial charge in [-0.15, -0.1) is 0 Å². The first kappa shape index (κ1) is 11.9. The second kappa shape index (κ2) is 4.75. The largest absolute Gasteiger partial charge is 0.346 e. The quantitative estimate of drug-likeness (QED) is 0.781. The standard InChI is InChI=1S/C11H16IN3O/c1-8-6-13-3-4-15(8)11(16)10-5-9(12)7-14(10)2/h5,7-8,13H,3-4,6H2,1-2H3. The molecule has 4 nitrogen and oxygen atoms in total. The van der Waals surface area contributed by atoms with E-state index in [2.05, 4.69) is 34.8 Å². The SMILES string of the molecule is CC1CNCCN1C(=O)c1cc(I)cn1C. The van der Waals surface area contributed by atoms with E-state index in [-0.39, 0.29) is 11.9 Å². The number of halogens is 1. The minimum absolute atomic E-state index is 0.138. The van der Waals surface area contributed by atoms with Crippen molar-refractivity contribution < 1.29 is 4.79 Å². The zero-order chi connectivity index (χ0) is 11.7. The summed E-state index contributed by atoms with van der Waals surface area (Å²) in [6, 6.07) is 2.21. The molecular formula is C11H16IN3O. The lowest BCUT2D eigenvalue weighted by atomic mass is 10.2. The van der Waals surface area contributed by atoms with Gasteiger partial charge < -0.3 is 14.8 Å². The van der Waals surface area contributed by atoms with Gasteiger partial charge in [0.15, 0.2) is 0 Å². The Balaban J connectivity index is 2.21. The molecule has 1 aliphatic heterocycles. The van der Waals surface area contributed by atoms with E-state index in [1.165, 1.54) is 0 Å². The van der Waals surface area contributed by atoms with Crippen molar-refractivity contribution in [2.45, 2.75) is 13.0 Å². The fourth-order valence-corrected chi connectivity index (χ4v) is 2.74. The van der Waals surface area contributed by atoms with E-state index in [0.29, 0.717) is 0 Å². The lowest BCUT2D eigenvalue weighted by Gasteiger charge is -2.34. The molecule has 5 heteroatoms. The molecule has 1 saturated heterocycles. The summed E-state index contributed by atoms with van der Waals surface area (Å²) in [5.41, 5.74) is 0.776. The Kier molecular flexibility index (Phi) is 3.53. The first-order valence-electron chi connectivity index (χ1n) is 5.43. The molecule has 1 aromatic heterocycles. The van der Waals surface area contributed by atoms with Gasteiger partial charge in [-0.2, -0.15) is 0 Å². The van der Waals surface area contributed by atoms with Crippen LogP contribution in [0.25, 0.3) is 0 Å². The monoisotopic (exact) mass is 333 g/mol. The fraction of sp³-hybridized carbons (Fsp3) is 0.545. The van der Waals surface area contributed by atoms with E-state index < -0.39 is 0 Å². The molecule has 1 atom stereocenters. The summed E-state index contributed by atoms with van der Waals surface area (Å²) in [5, 5.41) is 3.29. The maximum Gasteiger partial charge on any atom is 0.270 e. The van der Waals surface area contributed by atoms with Crippen molar-refractivity contribution in [2.24, 2.45) is 7.05 Å². The third-order valence-corrected chi connectivity index (χ3v) is 3.54. The topological polar surface area (TPSA) is 37.3 Å².